The Morgan fingerprint density at radius 1 is 1.21 bits per heavy atom. The molecule has 2 rings (SSSR count). The lowest BCUT2D eigenvalue weighted by Gasteiger charge is -2.12. The summed E-state index contributed by atoms with van der Waals surface area (Å²) in [6, 6.07) is 4.23. The molecule has 0 fully saturated rings. The van der Waals surface area contributed by atoms with Crippen molar-refractivity contribution in [2.45, 2.75) is 12.5 Å². The molecule has 1 atom stereocenters. The van der Waals surface area contributed by atoms with Gasteiger partial charge in [-0.15, -0.1) is 0 Å². The average molecular weight is 191 g/mol. The fourth-order valence-corrected chi connectivity index (χ4v) is 1.50. The van der Waals surface area contributed by atoms with Gasteiger partial charge in [0.2, 0.25) is 0 Å². The highest BCUT2D eigenvalue weighted by Crippen LogP contribution is 2.18. The third-order valence-electron chi connectivity index (χ3n) is 2.31. The summed E-state index contributed by atoms with van der Waals surface area (Å²) >= 11 is 0. The molecule has 1 N–H and O–H groups in total. The van der Waals surface area contributed by atoms with Crippen LogP contribution in [0.1, 0.15) is 17.2 Å². The molecule has 0 aliphatic carbocycles. The maximum absolute atomic E-state index is 5.05. The van der Waals surface area contributed by atoms with Crippen LogP contribution in [0.3, 0.4) is 0 Å². The maximum Gasteiger partial charge on any atom is 0.0950 e. The van der Waals surface area contributed by atoms with Gasteiger partial charge < -0.3 is 14.2 Å². The van der Waals surface area contributed by atoms with E-state index >= 15 is 0 Å². The van der Waals surface area contributed by atoms with Crippen LogP contribution in [0, 0.1) is 0 Å². The Labute approximate surface area is 82.7 Å². The minimum Gasteiger partial charge on any atom is -0.472 e. The molecule has 0 saturated heterocycles. The van der Waals surface area contributed by atoms with E-state index in [4.69, 9.17) is 8.83 Å². The Hall–Kier alpha value is -1.48. The van der Waals surface area contributed by atoms with Gasteiger partial charge in [-0.25, -0.2) is 0 Å². The number of furan rings is 2. The molecule has 0 radical (unpaired) electrons. The van der Waals surface area contributed by atoms with Crippen molar-refractivity contribution in [3.05, 3.63) is 48.3 Å². The van der Waals surface area contributed by atoms with E-state index in [-0.39, 0.29) is 6.04 Å². The summed E-state index contributed by atoms with van der Waals surface area (Å²) in [6.07, 6.45) is 7.82. The van der Waals surface area contributed by atoms with E-state index in [0.29, 0.717) is 0 Å². The lowest BCUT2D eigenvalue weighted by molar-refractivity contribution is 0.535. The van der Waals surface area contributed by atoms with Crippen LogP contribution in [0.25, 0.3) is 0 Å². The molecule has 1 unspecified atom stereocenters. The lowest BCUT2D eigenvalue weighted by atomic mass is 10.0. The molecule has 0 amide bonds. The highest BCUT2D eigenvalue weighted by atomic mass is 16.3. The number of rotatable bonds is 4. The largest absolute Gasteiger partial charge is 0.472 e. The maximum atomic E-state index is 5.05. The molecule has 14 heavy (non-hydrogen) atoms. The summed E-state index contributed by atoms with van der Waals surface area (Å²) < 4.78 is 10.1. The highest BCUT2D eigenvalue weighted by molar-refractivity contribution is 5.17. The molecular weight excluding hydrogens is 178 g/mol. The molecule has 0 spiro atoms. The standard InChI is InChI=1S/C11H13NO2/c1-12-11(10-3-5-14-8-10)6-9-2-4-13-7-9/h2-5,7-8,11-12H,6H2,1H3. The predicted molar refractivity (Wildman–Crippen MR) is 52.9 cm³/mol. The summed E-state index contributed by atoms with van der Waals surface area (Å²) in [5.41, 5.74) is 2.35. The first kappa shape index (κ1) is 9.09. The number of hydrogen-bond donors (Lipinski definition) is 1. The molecule has 0 saturated carbocycles. The molecule has 2 aromatic heterocycles. The number of hydrogen-bond acceptors (Lipinski definition) is 3. The van der Waals surface area contributed by atoms with Gasteiger partial charge in [0, 0.05) is 11.6 Å². The van der Waals surface area contributed by atoms with Crippen LogP contribution in [0.2, 0.25) is 0 Å². The van der Waals surface area contributed by atoms with Gasteiger partial charge in [0.15, 0.2) is 0 Å². The first-order valence-electron chi connectivity index (χ1n) is 4.60. The lowest BCUT2D eigenvalue weighted by Crippen LogP contribution is -2.17. The first-order chi connectivity index (χ1) is 6.90. The summed E-state index contributed by atoms with van der Waals surface area (Å²) in [4.78, 5) is 0. The minimum absolute atomic E-state index is 0.284. The summed E-state index contributed by atoms with van der Waals surface area (Å²) in [5.74, 6) is 0. The zero-order chi connectivity index (χ0) is 9.80. The first-order valence-corrected chi connectivity index (χ1v) is 4.60. The molecule has 0 aliphatic rings. The Balaban J connectivity index is 2.08. The summed E-state index contributed by atoms with van der Waals surface area (Å²) in [6.45, 7) is 0. The highest BCUT2D eigenvalue weighted by Gasteiger charge is 2.11. The zero-order valence-electron chi connectivity index (χ0n) is 8.07. The zero-order valence-corrected chi connectivity index (χ0v) is 8.07. The second kappa shape index (κ2) is 4.15. The normalized spacial score (nSPS) is 12.9. The van der Waals surface area contributed by atoms with Crippen LogP contribution in [0.15, 0.2) is 46.0 Å². The fraction of sp³-hybridized carbons (Fsp3) is 0.273. The van der Waals surface area contributed by atoms with Crippen molar-refractivity contribution in [2.24, 2.45) is 0 Å². The van der Waals surface area contributed by atoms with Crippen LogP contribution in [0.4, 0.5) is 0 Å². The second-order valence-electron chi connectivity index (χ2n) is 3.23. The average Bonchev–Trinajstić information content (AvgIpc) is 2.86. The fourth-order valence-electron chi connectivity index (χ4n) is 1.50. The second-order valence-corrected chi connectivity index (χ2v) is 3.23. The summed E-state index contributed by atoms with van der Waals surface area (Å²) in [5, 5.41) is 3.24. The van der Waals surface area contributed by atoms with Crippen molar-refractivity contribution < 1.29 is 8.83 Å². The Morgan fingerprint density at radius 3 is 2.57 bits per heavy atom. The van der Waals surface area contributed by atoms with Crippen molar-refractivity contribution in [1.82, 2.24) is 5.32 Å². The van der Waals surface area contributed by atoms with Crippen molar-refractivity contribution in [2.75, 3.05) is 7.05 Å². The van der Waals surface area contributed by atoms with Crippen molar-refractivity contribution in [3.8, 4) is 0 Å². The van der Waals surface area contributed by atoms with Gasteiger partial charge in [-0.1, -0.05) is 0 Å². The van der Waals surface area contributed by atoms with Gasteiger partial charge in [-0.3, -0.25) is 0 Å². The van der Waals surface area contributed by atoms with Gasteiger partial charge >= 0.3 is 0 Å². The van der Waals surface area contributed by atoms with E-state index in [0.717, 1.165) is 12.0 Å². The van der Waals surface area contributed by atoms with Crippen LogP contribution in [-0.4, -0.2) is 7.05 Å². The smallest absolute Gasteiger partial charge is 0.0950 e. The molecule has 0 aliphatic heterocycles. The van der Waals surface area contributed by atoms with Crippen molar-refractivity contribution in [3.63, 3.8) is 0 Å². The van der Waals surface area contributed by atoms with Crippen LogP contribution >= 0.6 is 0 Å². The van der Waals surface area contributed by atoms with E-state index < -0.39 is 0 Å². The Kier molecular flexibility index (Phi) is 2.70. The van der Waals surface area contributed by atoms with Crippen LogP contribution in [0.5, 0.6) is 0 Å². The number of nitrogens with one attached hydrogen (secondary N) is 1. The topological polar surface area (TPSA) is 38.3 Å². The molecule has 3 heteroatoms. The molecule has 74 valence electrons. The van der Waals surface area contributed by atoms with Gasteiger partial charge in [0.1, 0.15) is 0 Å². The van der Waals surface area contributed by atoms with Crippen molar-refractivity contribution >= 4 is 0 Å². The SMILES string of the molecule is CNC(Cc1ccoc1)c1ccoc1. The van der Waals surface area contributed by atoms with Crippen LogP contribution in [-0.2, 0) is 6.42 Å². The van der Waals surface area contributed by atoms with E-state index in [1.165, 1.54) is 5.56 Å². The molecule has 3 nitrogen and oxygen atoms in total. The number of likely N-dealkylation sites (N-methyl/N-ethyl adjacent to an activating group) is 1. The van der Waals surface area contributed by atoms with Gasteiger partial charge in [0.25, 0.3) is 0 Å². The third kappa shape index (κ3) is 1.88. The molecule has 0 aromatic carbocycles. The third-order valence-corrected chi connectivity index (χ3v) is 2.31. The Bertz CT molecular complexity index is 351. The van der Waals surface area contributed by atoms with E-state index in [1.54, 1.807) is 25.1 Å². The Morgan fingerprint density at radius 2 is 2.00 bits per heavy atom. The monoisotopic (exact) mass is 191 g/mol. The van der Waals surface area contributed by atoms with Crippen LogP contribution < -0.4 is 5.32 Å². The quantitative estimate of drug-likeness (QED) is 0.806. The van der Waals surface area contributed by atoms with Crippen molar-refractivity contribution in [1.29, 1.82) is 0 Å². The predicted octanol–water partition coefficient (Wildman–Crippen LogP) is 2.38. The van der Waals surface area contributed by atoms with E-state index in [1.807, 2.05) is 19.2 Å². The summed E-state index contributed by atoms with van der Waals surface area (Å²) in [7, 11) is 1.94. The van der Waals surface area contributed by atoms with Gasteiger partial charge in [0.05, 0.1) is 25.1 Å². The van der Waals surface area contributed by atoms with E-state index in [9.17, 15) is 0 Å². The molecule has 2 heterocycles. The molecule has 2 aromatic rings. The molecule has 0 bridgehead atoms. The van der Waals surface area contributed by atoms with Gasteiger partial charge in [-0.2, -0.15) is 0 Å². The minimum atomic E-state index is 0.284. The molecular formula is C11H13NO2. The van der Waals surface area contributed by atoms with E-state index in [2.05, 4.69) is 5.32 Å². The van der Waals surface area contributed by atoms with Gasteiger partial charge in [-0.05, 0) is 31.2 Å².